The molecule has 4 rings (SSSR count). The van der Waals surface area contributed by atoms with Crippen LogP contribution in [0.1, 0.15) is 22.7 Å². The molecule has 0 bridgehead atoms. The van der Waals surface area contributed by atoms with Crippen molar-refractivity contribution >= 4 is 22.7 Å². The number of imidazole rings is 1. The summed E-state index contributed by atoms with van der Waals surface area (Å²) in [6.45, 7) is 2.01. The molecule has 2 heterocycles. The average Bonchev–Trinajstić information content (AvgIpc) is 3.32. The lowest BCUT2D eigenvalue weighted by Crippen LogP contribution is -1.84. The molecule has 0 aliphatic heterocycles. The smallest absolute Gasteiger partial charge is 0.149 e. The van der Waals surface area contributed by atoms with Crippen molar-refractivity contribution in [1.29, 1.82) is 10.5 Å². The number of rotatable bonds is 3. The summed E-state index contributed by atoms with van der Waals surface area (Å²) in [7, 11) is 0. The third kappa shape index (κ3) is 3.22. The fraction of sp³-hybridized carbons (Fsp3) is 0.0455. The van der Waals surface area contributed by atoms with E-state index in [1.807, 2.05) is 43.3 Å². The molecule has 0 saturated heterocycles. The van der Waals surface area contributed by atoms with Crippen molar-refractivity contribution in [3.8, 4) is 23.5 Å². The second-order valence-corrected chi connectivity index (χ2v) is 6.17. The van der Waals surface area contributed by atoms with Gasteiger partial charge >= 0.3 is 0 Å². The zero-order chi connectivity index (χ0) is 18.8. The fourth-order valence-corrected chi connectivity index (χ4v) is 2.84. The first kappa shape index (κ1) is 16.4. The van der Waals surface area contributed by atoms with Crippen molar-refractivity contribution in [3.63, 3.8) is 0 Å². The number of fused-ring (bicyclic) bond motifs is 1. The molecule has 0 amide bonds. The van der Waals surface area contributed by atoms with Gasteiger partial charge in [0, 0.05) is 11.6 Å². The van der Waals surface area contributed by atoms with Crippen molar-refractivity contribution in [2.75, 3.05) is 0 Å². The maximum Gasteiger partial charge on any atom is 0.149 e. The predicted octanol–water partition coefficient (Wildman–Crippen LogP) is 5.07. The molecule has 0 unspecified atom stereocenters. The van der Waals surface area contributed by atoms with E-state index in [0.29, 0.717) is 28.5 Å². The molecule has 0 atom stereocenters. The molecule has 0 saturated carbocycles. The van der Waals surface area contributed by atoms with Gasteiger partial charge in [0.1, 0.15) is 23.4 Å². The minimum absolute atomic E-state index is 0.393. The van der Waals surface area contributed by atoms with Gasteiger partial charge in [-0.15, -0.1) is 0 Å². The van der Waals surface area contributed by atoms with E-state index in [2.05, 4.69) is 22.1 Å². The standard InChI is InChI=1S/C22H14N4O/c1-14-2-8-19-20(10-14)26-22(25-19)17(13-24)11-18-7-9-21(27-18)16-5-3-15(12-23)4-6-16/h2-11H,1H3,(H,25,26)/b17-11-. The quantitative estimate of drug-likeness (QED) is 0.523. The lowest BCUT2D eigenvalue weighted by Gasteiger charge is -1.96. The summed E-state index contributed by atoms with van der Waals surface area (Å²) in [5, 5.41) is 18.4. The van der Waals surface area contributed by atoms with Crippen molar-refractivity contribution in [1.82, 2.24) is 9.97 Å². The van der Waals surface area contributed by atoms with Gasteiger partial charge in [-0.3, -0.25) is 0 Å². The zero-order valence-electron chi connectivity index (χ0n) is 14.5. The molecule has 128 valence electrons. The van der Waals surface area contributed by atoms with Gasteiger partial charge in [-0.25, -0.2) is 4.98 Å². The molecule has 27 heavy (non-hydrogen) atoms. The van der Waals surface area contributed by atoms with Crippen LogP contribution < -0.4 is 0 Å². The number of aromatic nitrogens is 2. The van der Waals surface area contributed by atoms with Gasteiger partial charge in [0.05, 0.1) is 28.2 Å². The van der Waals surface area contributed by atoms with Crippen LogP contribution in [0.15, 0.2) is 59.0 Å². The van der Waals surface area contributed by atoms with Crippen molar-refractivity contribution < 1.29 is 4.42 Å². The van der Waals surface area contributed by atoms with Gasteiger partial charge in [0.25, 0.3) is 0 Å². The van der Waals surface area contributed by atoms with E-state index in [4.69, 9.17) is 9.68 Å². The number of nitriles is 2. The number of aryl methyl sites for hydroxylation is 1. The van der Waals surface area contributed by atoms with Crippen molar-refractivity contribution in [2.24, 2.45) is 0 Å². The molecule has 0 fully saturated rings. The first-order valence-corrected chi connectivity index (χ1v) is 8.35. The van der Waals surface area contributed by atoms with Crippen LogP contribution in [-0.2, 0) is 0 Å². The van der Waals surface area contributed by atoms with Crippen molar-refractivity contribution in [3.05, 3.63) is 77.3 Å². The second kappa shape index (κ2) is 6.67. The summed E-state index contributed by atoms with van der Waals surface area (Å²) in [5.74, 6) is 1.74. The Hall–Kier alpha value is -4.09. The Labute approximate surface area is 155 Å². The summed E-state index contributed by atoms with van der Waals surface area (Å²) in [5.41, 5.74) is 4.69. The maximum absolute atomic E-state index is 9.55. The van der Waals surface area contributed by atoms with Gasteiger partial charge < -0.3 is 9.40 Å². The second-order valence-electron chi connectivity index (χ2n) is 6.17. The molecule has 5 nitrogen and oxygen atoms in total. The van der Waals surface area contributed by atoms with Gasteiger partial charge in [-0.2, -0.15) is 10.5 Å². The Morgan fingerprint density at radius 1 is 1.07 bits per heavy atom. The van der Waals surface area contributed by atoms with E-state index >= 15 is 0 Å². The SMILES string of the molecule is Cc1ccc2nc(/C(C#N)=C\c3ccc(-c4ccc(C#N)cc4)o3)[nH]c2c1. The van der Waals surface area contributed by atoms with E-state index < -0.39 is 0 Å². The Morgan fingerprint density at radius 3 is 2.63 bits per heavy atom. The summed E-state index contributed by atoms with van der Waals surface area (Å²) in [6.07, 6.45) is 1.66. The number of nitrogens with zero attached hydrogens (tertiary/aromatic N) is 3. The van der Waals surface area contributed by atoms with E-state index in [1.54, 1.807) is 24.3 Å². The molecule has 0 spiro atoms. The predicted molar refractivity (Wildman–Crippen MR) is 103 cm³/mol. The third-order valence-corrected chi connectivity index (χ3v) is 4.22. The van der Waals surface area contributed by atoms with Gasteiger partial charge in [0.2, 0.25) is 0 Å². The van der Waals surface area contributed by atoms with E-state index in [1.165, 1.54) is 0 Å². The lowest BCUT2D eigenvalue weighted by atomic mass is 10.1. The number of allylic oxidation sites excluding steroid dienone is 1. The Bertz CT molecular complexity index is 1240. The lowest BCUT2D eigenvalue weighted by molar-refractivity contribution is 0.572. The molecular formula is C22H14N4O. The largest absolute Gasteiger partial charge is 0.457 e. The highest BCUT2D eigenvalue weighted by molar-refractivity contribution is 5.89. The van der Waals surface area contributed by atoms with E-state index in [0.717, 1.165) is 22.2 Å². The summed E-state index contributed by atoms with van der Waals surface area (Å²) in [4.78, 5) is 7.67. The van der Waals surface area contributed by atoms with Crippen LogP contribution in [-0.4, -0.2) is 9.97 Å². The first-order valence-electron chi connectivity index (χ1n) is 8.35. The molecule has 0 aliphatic rings. The van der Waals surface area contributed by atoms with Gasteiger partial charge in [-0.1, -0.05) is 6.07 Å². The highest BCUT2D eigenvalue weighted by atomic mass is 16.3. The molecule has 2 aromatic carbocycles. The van der Waals surface area contributed by atoms with Gasteiger partial charge in [0.15, 0.2) is 0 Å². The van der Waals surface area contributed by atoms with Crippen LogP contribution in [0, 0.1) is 29.6 Å². The van der Waals surface area contributed by atoms with Crippen LogP contribution >= 0.6 is 0 Å². The summed E-state index contributed by atoms with van der Waals surface area (Å²) in [6, 6.07) is 21.0. The molecule has 4 aromatic rings. The summed E-state index contributed by atoms with van der Waals surface area (Å²) < 4.78 is 5.84. The normalized spacial score (nSPS) is 11.3. The van der Waals surface area contributed by atoms with E-state index in [9.17, 15) is 5.26 Å². The first-order chi connectivity index (χ1) is 13.2. The molecule has 0 aliphatic carbocycles. The Balaban J connectivity index is 1.67. The minimum Gasteiger partial charge on any atom is -0.457 e. The number of hydrogen-bond acceptors (Lipinski definition) is 4. The zero-order valence-corrected chi connectivity index (χ0v) is 14.5. The Kier molecular flexibility index (Phi) is 4.04. The Morgan fingerprint density at radius 2 is 1.89 bits per heavy atom. The molecule has 5 heteroatoms. The molecule has 1 N–H and O–H groups in total. The summed E-state index contributed by atoms with van der Waals surface area (Å²) >= 11 is 0. The molecular weight excluding hydrogens is 336 g/mol. The number of benzene rings is 2. The highest BCUT2D eigenvalue weighted by Crippen LogP contribution is 2.25. The molecule has 0 radical (unpaired) electrons. The number of furan rings is 1. The van der Waals surface area contributed by atoms with Crippen LogP contribution in [0.25, 0.3) is 34.0 Å². The van der Waals surface area contributed by atoms with E-state index in [-0.39, 0.29) is 0 Å². The number of aromatic amines is 1. The topological polar surface area (TPSA) is 89.4 Å². The number of H-pyrrole nitrogens is 1. The van der Waals surface area contributed by atoms with Crippen LogP contribution in [0.5, 0.6) is 0 Å². The third-order valence-electron chi connectivity index (χ3n) is 4.22. The number of nitrogens with one attached hydrogen (secondary N) is 1. The average molecular weight is 350 g/mol. The maximum atomic E-state index is 9.55. The van der Waals surface area contributed by atoms with Crippen LogP contribution in [0.2, 0.25) is 0 Å². The monoisotopic (exact) mass is 350 g/mol. The highest BCUT2D eigenvalue weighted by Gasteiger charge is 2.10. The van der Waals surface area contributed by atoms with Crippen molar-refractivity contribution in [2.45, 2.75) is 6.92 Å². The van der Waals surface area contributed by atoms with Crippen LogP contribution in [0.4, 0.5) is 0 Å². The van der Waals surface area contributed by atoms with Crippen LogP contribution in [0.3, 0.4) is 0 Å². The molecule has 2 aromatic heterocycles. The fourth-order valence-electron chi connectivity index (χ4n) is 2.84. The number of hydrogen-bond donors (Lipinski definition) is 1. The van der Waals surface area contributed by atoms with Gasteiger partial charge in [-0.05, 0) is 61.0 Å². The minimum atomic E-state index is 0.393.